The Morgan fingerprint density at radius 3 is 2.74 bits per heavy atom. The fourth-order valence-electron chi connectivity index (χ4n) is 1.50. The van der Waals surface area contributed by atoms with Crippen LogP contribution in [0, 0.1) is 0 Å². The Morgan fingerprint density at radius 2 is 2.16 bits per heavy atom. The summed E-state index contributed by atoms with van der Waals surface area (Å²) in [4.78, 5) is 3.26. The Kier molecular flexibility index (Phi) is 5.99. The maximum absolute atomic E-state index is 12.2. The number of hydrogen-bond acceptors (Lipinski definition) is 4. The quantitative estimate of drug-likeness (QED) is 0.741. The first kappa shape index (κ1) is 16.2. The van der Waals surface area contributed by atoms with Crippen LogP contribution in [0.3, 0.4) is 0 Å². The van der Waals surface area contributed by atoms with E-state index in [9.17, 15) is 8.42 Å². The van der Waals surface area contributed by atoms with Crippen LogP contribution in [0.5, 0.6) is 0 Å². The maximum Gasteiger partial charge on any atom is 0.244 e. The van der Waals surface area contributed by atoms with E-state index in [0.717, 1.165) is 5.69 Å². The number of methoxy groups -OCH3 is 1. The van der Waals surface area contributed by atoms with Crippen molar-refractivity contribution in [3.63, 3.8) is 0 Å². The van der Waals surface area contributed by atoms with E-state index in [1.165, 1.54) is 10.5 Å². The van der Waals surface area contributed by atoms with Gasteiger partial charge in [0.25, 0.3) is 0 Å². The Hall–Kier alpha value is -0.890. The highest BCUT2D eigenvalue weighted by Crippen LogP contribution is 2.15. The van der Waals surface area contributed by atoms with Crippen LogP contribution in [-0.4, -0.2) is 51.1 Å². The van der Waals surface area contributed by atoms with Gasteiger partial charge in [0.05, 0.1) is 11.5 Å². The van der Waals surface area contributed by atoms with Gasteiger partial charge in [0.15, 0.2) is 0 Å². The van der Waals surface area contributed by atoms with Crippen molar-refractivity contribution in [1.82, 2.24) is 14.6 Å². The smallest absolute Gasteiger partial charge is 0.244 e. The molecule has 0 saturated carbocycles. The van der Waals surface area contributed by atoms with Crippen LogP contribution in [0.15, 0.2) is 17.2 Å². The Morgan fingerprint density at radius 1 is 1.47 bits per heavy atom. The van der Waals surface area contributed by atoms with Crippen molar-refractivity contribution in [1.29, 1.82) is 0 Å². The molecule has 0 atom stereocenters. The summed E-state index contributed by atoms with van der Waals surface area (Å²) in [6, 6.07) is 2.02. The van der Waals surface area contributed by atoms with Gasteiger partial charge in [-0.3, -0.25) is 0 Å². The van der Waals surface area contributed by atoms with Gasteiger partial charge in [0.1, 0.15) is 0 Å². The van der Waals surface area contributed by atoms with Crippen LogP contribution < -0.4 is 5.32 Å². The first-order valence-corrected chi connectivity index (χ1v) is 7.68. The lowest BCUT2D eigenvalue weighted by Crippen LogP contribution is -2.29. The molecule has 0 bridgehead atoms. The third-order valence-corrected chi connectivity index (χ3v) is 4.57. The zero-order valence-corrected chi connectivity index (χ0v) is 12.8. The average Bonchev–Trinajstić information content (AvgIpc) is 2.82. The highest BCUT2D eigenvalue weighted by Gasteiger charge is 2.21. The molecule has 110 valence electrons. The molecule has 0 aliphatic rings. The minimum atomic E-state index is -3.43. The molecule has 1 heterocycles. The largest absolute Gasteiger partial charge is 0.383 e. The minimum Gasteiger partial charge on any atom is -0.383 e. The van der Waals surface area contributed by atoms with Crippen LogP contribution in [0.2, 0.25) is 0 Å². The van der Waals surface area contributed by atoms with Gasteiger partial charge < -0.3 is 15.0 Å². The van der Waals surface area contributed by atoms with Crippen LogP contribution in [0.1, 0.15) is 19.5 Å². The summed E-state index contributed by atoms with van der Waals surface area (Å²) >= 11 is 0. The zero-order valence-electron chi connectivity index (χ0n) is 11.9. The van der Waals surface area contributed by atoms with Crippen molar-refractivity contribution in [2.45, 2.75) is 31.3 Å². The van der Waals surface area contributed by atoms with Crippen molar-refractivity contribution in [2.75, 3.05) is 27.3 Å². The number of hydrogen-bond donors (Lipinski definition) is 2. The molecule has 0 unspecified atom stereocenters. The van der Waals surface area contributed by atoms with Crippen LogP contribution in [0.4, 0.5) is 0 Å². The Balaban J connectivity index is 2.73. The molecule has 7 heteroatoms. The van der Waals surface area contributed by atoms with Crippen LogP contribution >= 0.6 is 0 Å². The summed E-state index contributed by atoms with van der Waals surface area (Å²) < 4.78 is 30.6. The van der Waals surface area contributed by atoms with E-state index >= 15 is 0 Å². The molecule has 0 amide bonds. The number of ether oxygens (including phenoxy) is 1. The van der Waals surface area contributed by atoms with E-state index in [4.69, 9.17) is 4.74 Å². The number of aromatic nitrogens is 1. The second-order valence-corrected chi connectivity index (χ2v) is 6.76. The number of nitrogens with zero attached hydrogens (tertiary/aromatic N) is 1. The third-order valence-electron chi connectivity index (χ3n) is 2.74. The van der Waals surface area contributed by atoms with Gasteiger partial charge in [-0.25, -0.2) is 8.42 Å². The fourth-order valence-corrected chi connectivity index (χ4v) is 2.68. The Labute approximate surface area is 115 Å². The molecule has 0 spiro atoms. The van der Waals surface area contributed by atoms with E-state index in [0.29, 0.717) is 25.7 Å². The summed E-state index contributed by atoms with van der Waals surface area (Å²) in [7, 11) is -0.338. The lowest BCUT2D eigenvalue weighted by atomic mass is 10.3. The van der Waals surface area contributed by atoms with Gasteiger partial charge >= 0.3 is 0 Å². The predicted molar refractivity (Wildman–Crippen MR) is 74.5 cm³/mol. The van der Waals surface area contributed by atoms with Crippen molar-refractivity contribution in [3.8, 4) is 0 Å². The van der Waals surface area contributed by atoms with E-state index in [1.54, 1.807) is 20.2 Å². The van der Waals surface area contributed by atoms with Crippen LogP contribution in [0.25, 0.3) is 0 Å². The summed E-state index contributed by atoms with van der Waals surface area (Å²) in [6.45, 7) is 5.42. The first-order chi connectivity index (χ1) is 8.87. The van der Waals surface area contributed by atoms with Gasteiger partial charge in [-0.05, 0) is 6.07 Å². The third kappa shape index (κ3) is 4.61. The Bertz CT molecular complexity index is 482. The number of H-pyrrole nitrogens is 1. The minimum absolute atomic E-state index is 0.284. The summed E-state index contributed by atoms with van der Waals surface area (Å²) in [5.41, 5.74) is 0.854. The van der Waals surface area contributed by atoms with Crippen molar-refractivity contribution < 1.29 is 13.2 Å². The molecule has 2 N–H and O–H groups in total. The molecular formula is C12H23N3O3S. The number of likely N-dealkylation sites (N-methyl/N-ethyl adjacent to an activating group) is 1. The van der Waals surface area contributed by atoms with Gasteiger partial charge in [0, 0.05) is 45.2 Å². The molecule has 0 aromatic carbocycles. The van der Waals surface area contributed by atoms with Crippen molar-refractivity contribution >= 4 is 10.0 Å². The monoisotopic (exact) mass is 289 g/mol. The van der Waals surface area contributed by atoms with Gasteiger partial charge in [0.2, 0.25) is 10.0 Å². The molecule has 0 saturated heterocycles. The van der Waals surface area contributed by atoms with Gasteiger partial charge in [-0.15, -0.1) is 0 Å². The van der Waals surface area contributed by atoms with Gasteiger partial charge in [-0.1, -0.05) is 13.8 Å². The lowest BCUT2D eigenvalue weighted by Gasteiger charge is -2.15. The van der Waals surface area contributed by atoms with E-state index in [1.807, 2.05) is 13.8 Å². The molecular weight excluding hydrogens is 266 g/mol. The van der Waals surface area contributed by atoms with E-state index in [-0.39, 0.29) is 4.90 Å². The molecule has 1 aromatic rings. The molecule has 6 nitrogen and oxygen atoms in total. The van der Waals surface area contributed by atoms with E-state index < -0.39 is 10.0 Å². The highest BCUT2D eigenvalue weighted by atomic mass is 32.2. The highest BCUT2D eigenvalue weighted by molar-refractivity contribution is 7.89. The van der Waals surface area contributed by atoms with Crippen molar-refractivity contribution in [3.05, 3.63) is 18.0 Å². The molecule has 1 rings (SSSR count). The predicted octanol–water partition coefficient (Wildman–Crippen LogP) is 0.780. The maximum atomic E-state index is 12.2. The zero-order chi connectivity index (χ0) is 14.5. The molecule has 0 fully saturated rings. The second-order valence-electron chi connectivity index (χ2n) is 4.72. The number of sulfonamides is 1. The standard InChI is InChI=1S/C12H23N3O3S/c1-10(2)13-8-11-7-12(9-14-11)19(16,17)15(3)5-6-18-4/h7,9-10,13-14H,5-6,8H2,1-4H3. The topological polar surface area (TPSA) is 74.4 Å². The number of rotatable bonds is 8. The normalized spacial score (nSPS) is 12.5. The average molecular weight is 289 g/mol. The van der Waals surface area contributed by atoms with Gasteiger partial charge in [-0.2, -0.15) is 4.31 Å². The first-order valence-electron chi connectivity index (χ1n) is 6.24. The molecule has 1 aromatic heterocycles. The summed E-state index contributed by atoms with van der Waals surface area (Å²) in [5, 5.41) is 3.23. The number of aromatic amines is 1. The molecule has 19 heavy (non-hydrogen) atoms. The number of nitrogens with one attached hydrogen (secondary N) is 2. The van der Waals surface area contributed by atoms with Crippen LogP contribution in [-0.2, 0) is 21.3 Å². The SMILES string of the molecule is COCCN(C)S(=O)(=O)c1c[nH]c(CNC(C)C)c1. The van der Waals surface area contributed by atoms with Crippen molar-refractivity contribution in [2.24, 2.45) is 0 Å². The molecule has 0 radical (unpaired) electrons. The van der Waals surface area contributed by atoms with E-state index in [2.05, 4.69) is 10.3 Å². The molecule has 0 aliphatic carbocycles. The second kappa shape index (κ2) is 7.04. The summed E-state index contributed by atoms with van der Waals surface area (Å²) in [5.74, 6) is 0. The summed E-state index contributed by atoms with van der Waals surface area (Å²) in [6.07, 6.45) is 1.52. The lowest BCUT2D eigenvalue weighted by molar-refractivity contribution is 0.185. The fraction of sp³-hybridized carbons (Fsp3) is 0.667. The molecule has 0 aliphatic heterocycles.